The van der Waals surface area contributed by atoms with Gasteiger partial charge in [0.2, 0.25) is 0 Å². The minimum atomic E-state index is -1.08. The minimum absolute atomic E-state index is 0.0487. The van der Waals surface area contributed by atoms with E-state index in [-0.39, 0.29) is 29.4 Å². The van der Waals surface area contributed by atoms with Gasteiger partial charge in [-0.25, -0.2) is 18.0 Å². The molecule has 1 fully saturated rings. The first kappa shape index (κ1) is 28.1. The maximum absolute atomic E-state index is 13.9. The van der Waals surface area contributed by atoms with Gasteiger partial charge in [-0.2, -0.15) is 5.26 Å². The van der Waals surface area contributed by atoms with Gasteiger partial charge in [-0.15, -0.1) is 0 Å². The molecule has 39 heavy (non-hydrogen) atoms. The fourth-order valence-electron chi connectivity index (χ4n) is 5.13. The number of benzene rings is 2. The van der Waals surface area contributed by atoms with Crippen molar-refractivity contribution in [1.29, 1.82) is 5.26 Å². The third kappa shape index (κ3) is 6.77. The normalized spacial score (nSPS) is 18.3. The lowest BCUT2D eigenvalue weighted by molar-refractivity contribution is -0.118. The van der Waals surface area contributed by atoms with Crippen LogP contribution >= 0.6 is 0 Å². The summed E-state index contributed by atoms with van der Waals surface area (Å²) in [6.07, 6.45) is 2.36. The Labute approximate surface area is 224 Å². The molecule has 0 bridgehead atoms. The average Bonchev–Trinajstić information content (AvgIpc) is 2.92. The van der Waals surface area contributed by atoms with Gasteiger partial charge in [0.25, 0.3) is 5.91 Å². The molecule has 206 valence electrons. The van der Waals surface area contributed by atoms with Gasteiger partial charge < -0.3 is 25.6 Å². The Morgan fingerprint density at radius 1 is 1.15 bits per heavy atom. The smallest absolute Gasteiger partial charge is 0.319 e. The predicted octanol–water partition coefficient (Wildman–Crippen LogP) is 3.62. The number of halogens is 3. The predicted molar refractivity (Wildman–Crippen MR) is 137 cm³/mol. The van der Waals surface area contributed by atoms with Crippen molar-refractivity contribution in [3.05, 3.63) is 81.8 Å². The van der Waals surface area contributed by atoms with Crippen molar-refractivity contribution in [2.24, 2.45) is 0 Å². The fraction of sp³-hybridized carbons (Fsp3) is 0.393. The summed E-state index contributed by atoms with van der Waals surface area (Å²) in [5, 5.41) is 17.4. The van der Waals surface area contributed by atoms with Crippen molar-refractivity contribution < 1.29 is 27.5 Å². The second kappa shape index (κ2) is 12.8. The molecule has 2 aromatic carbocycles. The molecule has 2 aliphatic rings. The van der Waals surface area contributed by atoms with Crippen LogP contribution in [0.1, 0.15) is 47.9 Å². The molecular formula is C28H30F3N5O3. The number of carbonyl (C=O) groups is 2. The third-order valence-electron chi connectivity index (χ3n) is 7.06. The van der Waals surface area contributed by atoms with Gasteiger partial charge in [-0.3, -0.25) is 4.79 Å². The minimum Gasteiger partial charge on any atom is -0.378 e. The average molecular weight is 542 g/mol. The van der Waals surface area contributed by atoms with Crippen LogP contribution in [0.25, 0.3) is 0 Å². The lowest BCUT2D eigenvalue weighted by Gasteiger charge is -2.32. The Morgan fingerprint density at radius 2 is 1.92 bits per heavy atom. The van der Waals surface area contributed by atoms with Crippen LogP contribution in [0.2, 0.25) is 0 Å². The second-order valence-corrected chi connectivity index (χ2v) is 9.60. The Kier molecular flexibility index (Phi) is 9.22. The monoisotopic (exact) mass is 541 g/mol. The van der Waals surface area contributed by atoms with E-state index < -0.39 is 35.4 Å². The first-order chi connectivity index (χ1) is 18.8. The van der Waals surface area contributed by atoms with Crippen LogP contribution in [0, 0.1) is 28.8 Å². The highest BCUT2D eigenvalue weighted by molar-refractivity contribution is 5.98. The van der Waals surface area contributed by atoms with Crippen LogP contribution in [0.3, 0.4) is 0 Å². The largest absolute Gasteiger partial charge is 0.378 e. The number of piperidine rings is 1. The van der Waals surface area contributed by atoms with Gasteiger partial charge >= 0.3 is 6.03 Å². The summed E-state index contributed by atoms with van der Waals surface area (Å²) in [6, 6.07) is 8.12. The van der Waals surface area contributed by atoms with Crippen LogP contribution in [0.5, 0.6) is 0 Å². The Balaban J connectivity index is 1.33. The van der Waals surface area contributed by atoms with Crippen molar-refractivity contribution in [1.82, 2.24) is 20.9 Å². The molecule has 0 aromatic heterocycles. The van der Waals surface area contributed by atoms with Crippen molar-refractivity contribution in [2.75, 3.05) is 39.9 Å². The molecule has 1 atom stereocenters. The van der Waals surface area contributed by atoms with E-state index in [1.54, 1.807) is 6.07 Å². The summed E-state index contributed by atoms with van der Waals surface area (Å²) in [5.74, 6) is -2.78. The number of hydrogen-bond acceptors (Lipinski definition) is 5. The first-order valence-electron chi connectivity index (χ1n) is 12.7. The molecule has 11 heteroatoms. The van der Waals surface area contributed by atoms with Crippen LogP contribution in [-0.2, 0) is 9.53 Å². The van der Waals surface area contributed by atoms with Gasteiger partial charge in [-0.1, -0.05) is 12.1 Å². The maximum Gasteiger partial charge on any atom is 0.319 e. The highest BCUT2D eigenvalue weighted by atomic mass is 19.2. The molecule has 3 amide bonds. The van der Waals surface area contributed by atoms with Crippen LogP contribution in [0.15, 0.2) is 47.7 Å². The number of rotatable bonds is 9. The van der Waals surface area contributed by atoms with E-state index in [9.17, 15) is 28.0 Å². The number of urea groups is 1. The lowest BCUT2D eigenvalue weighted by Crippen LogP contribution is -2.48. The van der Waals surface area contributed by atoms with E-state index in [0.29, 0.717) is 18.5 Å². The Hall–Kier alpha value is -3.88. The topological polar surface area (TPSA) is 106 Å². The number of nitrogens with one attached hydrogen (secondary N) is 3. The van der Waals surface area contributed by atoms with Crippen molar-refractivity contribution in [2.45, 2.75) is 31.2 Å². The number of amides is 3. The third-order valence-corrected chi connectivity index (χ3v) is 7.06. The maximum atomic E-state index is 13.9. The standard InChI is InChI=1S/C28H30F3N5O3/c1-39-16-24-25(26(35-28(38)34-24)18-3-6-22(30)23(31)14-18)27(37)33-9-2-10-36-11-7-17(8-12-36)21-5-4-20(29)13-19(21)15-32/h3-6,13-14,17,26H,2,7-12,16H2,1H3,(H,33,37)(H2,34,35,38)/t26-/m1/s1. The van der Waals surface area contributed by atoms with Gasteiger partial charge in [0.15, 0.2) is 11.6 Å². The molecule has 1 saturated heterocycles. The Morgan fingerprint density at radius 3 is 2.62 bits per heavy atom. The summed E-state index contributed by atoms with van der Waals surface area (Å²) >= 11 is 0. The number of methoxy groups -OCH3 is 1. The van der Waals surface area contributed by atoms with E-state index in [0.717, 1.165) is 50.2 Å². The number of nitriles is 1. The number of carbonyl (C=O) groups excluding carboxylic acids is 2. The summed E-state index contributed by atoms with van der Waals surface area (Å²) in [4.78, 5) is 27.7. The van der Waals surface area contributed by atoms with Crippen LogP contribution < -0.4 is 16.0 Å². The van der Waals surface area contributed by atoms with Gasteiger partial charge in [-0.05, 0) is 80.2 Å². The van der Waals surface area contributed by atoms with Crippen LogP contribution in [0.4, 0.5) is 18.0 Å². The quantitative estimate of drug-likeness (QED) is 0.421. The van der Waals surface area contributed by atoms with Gasteiger partial charge in [0.1, 0.15) is 5.82 Å². The van der Waals surface area contributed by atoms with E-state index in [4.69, 9.17) is 4.74 Å². The molecule has 4 rings (SSSR count). The number of likely N-dealkylation sites (tertiary alicyclic amines) is 1. The highest BCUT2D eigenvalue weighted by Gasteiger charge is 2.33. The highest BCUT2D eigenvalue weighted by Crippen LogP contribution is 2.31. The molecule has 0 spiro atoms. The first-order valence-corrected chi connectivity index (χ1v) is 12.7. The summed E-state index contributed by atoms with van der Waals surface area (Å²) in [6.45, 7) is 2.69. The van der Waals surface area contributed by atoms with Crippen molar-refractivity contribution >= 4 is 11.9 Å². The molecule has 0 saturated carbocycles. The molecule has 0 aliphatic carbocycles. The SMILES string of the molecule is COCC1=C(C(=O)NCCCN2CCC(c3ccc(F)cc3C#N)CC2)[C@@H](c2ccc(F)c(F)c2)NC(=O)N1. The molecule has 3 N–H and O–H groups in total. The van der Waals surface area contributed by atoms with E-state index in [1.807, 2.05) is 0 Å². The summed E-state index contributed by atoms with van der Waals surface area (Å²) < 4.78 is 46.0. The fourth-order valence-corrected chi connectivity index (χ4v) is 5.13. The molecule has 0 unspecified atom stereocenters. The molecule has 2 aromatic rings. The van der Waals surface area contributed by atoms with Crippen LogP contribution in [-0.4, -0.2) is 56.7 Å². The Bertz CT molecular complexity index is 1300. The zero-order valence-corrected chi connectivity index (χ0v) is 21.5. The second-order valence-electron chi connectivity index (χ2n) is 9.60. The van der Waals surface area contributed by atoms with Gasteiger partial charge in [0, 0.05) is 13.7 Å². The summed E-state index contributed by atoms with van der Waals surface area (Å²) in [5.41, 5.74) is 1.90. The molecular weight excluding hydrogens is 511 g/mol. The molecule has 8 nitrogen and oxygen atoms in total. The molecule has 0 radical (unpaired) electrons. The molecule has 2 heterocycles. The van der Waals surface area contributed by atoms with Crippen molar-refractivity contribution in [3.8, 4) is 6.07 Å². The van der Waals surface area contributed by atoms with E-state index in [2.05, 4.69) is 26.9 Å². The lowest BCUT2D eigenvalue weighted by atomic mass is 9.86. The van der Waals surface area contributed by atoms with E-state index in [1.165, 1.54) is 25.3 Å². The number of ether oxygens (including phenoxy) is 1. The van der Waals surface area contributed by atoms with E-state index >= 15 is 0 Å². The molecule has 2 aliphatic heterocycles. The van der Waals surface area contributed by atoms with Crippen molar-refractivity contribution in [3.63, 3.8) is 0 Å². The summed E-state index contributed by atoms with van der Waals surface area (Å²) in [7, 11) is 1.42. The number of nitrogens with zero attached hydrogens (tertiary/aromatic N) is 2. The van der Waals surface area contributed by atoms with Gasteiger partial charge in [0.05, 0.1) is 35.6 Å². The zero-order chi connectivity index (χ0) is 27.9. The number of hydrogen-bond donors (Lipinski definition) is 3. The zero-order valence-electron chi connectivity index (χ0n) is 21.5.